The zero-order valence-electron chi connectivity index (χ0n) is 25.3. The molecule has 0 radical (unpaired) electrons. The molecule has 0 saturated carbocycles. The molecule has 0 unspecified atom stereocenters. The van der Waals surface area contributed by atoms with Crippen molar-refractivity contribution in [3.63, 3.8) is 0 Å². The van der Waals surface area contributed by atoms with Crippen LogP contribution in [0.1, 0.15) is 6.92 Å². The summed E-state index contributed by atoms with van der Waals surface area (Å²) < 4.78 is 38.3. The molecule has 3 heterocycles. The molecule has 0 spiro atoms. The molecule has 3 aromatic rings. The lowest BCUT2D eigenvalue weighted by Crippen LogP contribution is -2.61. The minimum atomic E-state index is -1.99. The molecule has 48 heavy (non-hydrogen) atoms. The molecule has 2 aromatic carbocycles. The third kappa shape index (κ3) is 6.83. The number of aromatic hydroxyl groups is 2. The summed E-state index contributed by atoms with van der Waals surface area (Å²) in [6, 6.07) is 5.95. The minimum Gasteiger partial charge on any atom is -0.507 e. The number of carboxylic acid groups (broad SMARTS) is 1. The highest BCUT2D eigenvalue weighted by Gasteiger charge is 2.48. The number of phenolic OH excluding ortho intramolecular Hbond substituents is 2. The smallest absolute Gasteiger partial charge is 0.341 e. The van der Waals surface area contributed by atoms with Crippen LogP contribution in [0.15, 0.2) is 39.5 Å². The monoisotopic (exact) mass is 682 g/mol. The van der Waals surface area contributed by atoms with Crippen LogP contribution in [0, 0.1) is 0 Å². The van der Waals surface area contributed by atoms with Gasteiger partial charge in [0.15, 0.2) is 30.2 Å². The fourth-order valence-corrected chi connectivity index (χ4v) is 5.22. The van der Waals surface area contributed by atoms with E-state index in [1.807, 2.05) is 0 Å². The third-order valence-electron chi connectivity index (χ3n) is 7.85. The molecular formula is C30H34O18. The summed E-state index contributed by atoms with van der Waals surface area (Å²) in [5.74, 6) is -3.58. The number of methoxy groups -OCH3 is 1. The first-order chi connectivity index (χ1) is 22.7. The number of ether oxygens (including phenoxy) is 6. The molecule has 0 bridgehead atoms. The van der Waals surface area contributed by atoms with Gasteiger partial charge >= 0.3 is 5.97 Å². The first kappa shape index (κ1) is 35.1. The van der Waals surface area contributed by atoms with Crippen molar-refractivity contribution in [2.24, 2.45) is 0 Å². The van der Waals surface area contributed by atoms with Crippen LogP contribution in [0.2, 0.25) is 0 Å². The number of aliphatic carboxylic acids is 1. The third-order valence-corrected chi connectivity index (χ3v) is 7.85. The summed E-state index contributed by atoms with van der Waals surface area (Å²) in [4.78, 5) is 24.8. The number of carbonyl (C=O) groups is 1. The molecule has 2 aliphatic heterocycles. The standard InChI is InChI=1S/C30H34O18/c1-10-20(35)23(38)25(40)29(45-10)44-8-17-21(36)24(39)26(41)30(47-17)48-28-22(37)19-14(32)6-12(43-9-18(33)34)7-16(19)46-27(28)11-3-4-15(42-2)13(31)5-11/h3-7,10,17,20-21,23-26,29-32,35-36,38-41H,8-9H2,1-2H3,(H,33,34)/t10-,17+,20-,21+,23+,24-,25+,26+,29+,30-/m0/s1. The summed E-state index contributed by atoms with van der Waals surface area (Å²) in [6.45, 7) is 0.0233. The molecule has 2 fully saturated rings. The Morgan fingerprint density at radius 1 is 0.854 bits per heavy atom. The SMILES string of the molecule is COc1ccc(-c2oc3cc(OCC(=O)O)cc(O)c3c(=O)c2O[C@@H]2O[C@H](CO[C@@H]3O[C@@H](C)[C@H](O)[C@@H](O)[C@H]3O)[C@@H](O)[C@H](O)[C@H]2O)cc1O. The fraction of sp³-hybridized carbons (Fsp3) is 0.467. The van der Waals surface area contributed by atoms with Gasteiger partial charge in [-0.2, -0.15) is 0 Å². The average Bonchev–Trinajstić information content (AvgIpc) is 3.05. The van der Waals surface area contributed by atoms with Gasteiger partial charge in [-0.25, -0.2) is 4.79 Å². The number of aliphatic hydroxyl groups is 6. The van der Waals surface area contributed by atoms with Gasteiger partial charge in [0, 0.05) is 17.7 Å². The van der Waals surface area contributed by atoms with E-state index in [1.165, 1.54) is 26.2 Å². The molecule has 1 aromatic heterocycles. The molecule has 5 rings (SSSR count). The normalized spacial score (nSPS) is 30.6. The molecule has 2 saturated heterocycles. The number of phenols is 2. The highest BCUT2D eigenvalue weighted by Crippen LogP contribution is 2.40. The van der Waals surface area contributed by atoms with Crippen LogP contribution < -0.4 is 19.6 Å². The van der Waals surface area contributed by atoms with Crippen molar-refractivity contribution in [1.82, 2.24) is 0 Å². The topological polar surface area (TPSA) is 285 Å². The van der Waals surface area contributed by atoms with Gasteiger partial charge in [0.1, 0.15) is 65.2 Å². The van der Waals surface area contributed by atoms with E-state index < -0.39 is 103 Å². The maximum Gasteiger partial charge on any atom is 0.341 e. The van der Waals surface area contributed by atoms with Crippen LogP contribution in [0.3, 0.4) is 0 Å². The molecule has 18 heteroatoms. The van der Waals surface area contributed by atoms with E-state index in [0.29, 0.717) is 0 Å². The number of fused-ring (bicyclic) bond motifs is 1. The molecule has 9 N–H and O–H groups in total. The van der Waals surface area contributed by atoms with Crippen LogP contribution in [-0.4, -0.2) is 134 Å². The zero-order valence-corrected chi connectivity index (χ0v) is 25.3. The lowest BCUT2D eigenvalue weighted by Gasteiger charge is -2.42. The number of carboxylic acids is 1. The Morgan fingerprint density at radius 2 is 1.54 bits per heavy atom. The number of aliphatic hydroxyl groups excluding tert-OH is 6. The van der Waals surface area contributed by atoms with Crippen molar-refractivity contribution in [2.75, 3.05) is 20.3 Å². The van der Waals surface area contributed by atoms with E-state index in [0.717, 1.165) is 18.2 Å². The van der Waals surface area contributed by atoms with Crippen molar-refractivity contribution in [2.45, 2.75) is 68.3 Å². The second kappa shape index (κ2) is 14.1. The second-order valence-corrected chi connectivity index (χ2v) is 11.1. The van der Waals surface area contributed by atoms with Crippen molar-refractivity contribution in [1.29, 1.82) is 0 Å². The number of hydrogen-bond acceptors (Lipinski definition) is 17. The quantitative estimate of drug-likeness (QED) is 0.116. The lowest BCUT2D eigenvalue weighted by atomic mass is 9.98. The van der Waals surface area contributed by atoms with Crippen molar-refractivity contribution in [3.05, 3.63) is 40.6 Å². The molecule has 0 aliphatic carbocycles. The summed E-state index contributed by atoms with van der Waals surface area (Å²) in [5, 5.41) is 91.9. The fourth-order valence-electron chi connectivity index (χ4n) is 5.22. The van der Waals surface area contributed by atoms with Gasteiger partial charge < -0.3 is 78.8 Å². The molecule has 18 nitrogen and oxygen atoms in total. The molecule has 262 valence electrons. The summed E-state index contributed by atoms with van der Waals surface area (Å²) in [7, 11) is 1.30. The Balaban J connectivity index is 1.51. The molecule has 10 atom stereocenters. The van der Waals surface area contributed by atoms with E-state index in [4.69, 9.17) is 37.9 Å². The van der Waals surface area contributed by atoms with Crippen LogP contribution in [0.5, 0.6) is 28.7 Å². The van der Waals surface area contributed by atoms with E-state index >= 15 is 0 Å². The van der Waals surface area contributed by atoms with Gasteiger partial charge in [0.2, 0.25) is 17.5 Å². The van der Waals surface area contributed by atoms with Crippen LogP contribution >= 0.6 is 0 Å². The van der Waals surface area contributed by atoms with E-state index in [2.05, 4.69) is 0 Å². The Bertz CT molecular complexity index is 1690. The predicted octanol–water partition coefficient (Wildman–Crippen LogP) is -1.63. The number of benzene rings is 2. The van der Waals surface area contributed by atoms with Gasteiger partial charge in [-0.05, 0) is 25.1 Å². The summed E-state index contributed by atoms with van der Waals surface area (Å²) in [6.07, 6.45) is -16.3. The maximum absolute atomic E-state index is 13.9. The predicted molar refractivity (Wildman–Crippen MR) is 157 cm³/mol. The highest BCUT2D eigenvalue weighted by atomic mass is 16.7. The van der Waals surface area contributed by atoms with Crippen molar-refractivity contribution >= 4 is 16.9 Å². The Labute approximate surface area is 270 Å². The van der Waals surface area contributed by atoms with Gasteiger partial charge in [0.25, 0.3) is 0 Å². The van der Waals surface area contributed by atoms with E-state index in [1.54, 1.807) is 0 Å². The van der Waals surface area contributed by atoms with Crippen molar-refractivity contribution in [3.8, 4) is 40.1 Å². The summed E-state index contributed by atoms with van der Waals surface area (Å²) in [5.41, 5.74) is -1.31. The highest BCUT2D eigenvalue weighted by molar-refractivity contribution is 5.88. The Hall–Kier alpha value is -4.24. The van der Waals surface area contributed by atoms with Crippen molar-refractivity contribution < 1.29 is 83.6 Å². The summed E-state index contributed by atoms with van der Waals surface area (Å²) >= 11 is 0. The first-order valence-corrected chi connectivity index (χ1v) is 14.4. The zero-order chi connectivity index (χ0) is 35.0. The Morgan fingerprint density at radius 3 is 2.21 bits per heavy atom. The number of rotatable bonds is 10. The van der Waals surface area contributed by atoms with Gasteiger partial charge in [-0.1, -0.05) is 0 Å². The number of hydrogen-bond donors (Lipinski definition) is 9. The van der Waals surface area contributed by atoms with Crippen LogP contribution in [0.25, 0.3) is 22.3 Å². The average molecular weight is 683 g/mol. The Kier molecular flexibility index (Phi) is 10.3. The second-order valence-electron chi connectivity index (χ2n) is 11.1. The van der Waals surface area contributed by atoms with Gasteiger partial charge in [-0.15, -0.1) is 0 Å². The first-order valence-electron chi connectivity index (χ1n) is 14.4. The van der Waals surface area contributed by atoms with Gasteiger partial charge in [0.05, 0.1) is 19.8 Å². The molecule has 2 aliphatic rings. The maximum atomic E-state index is 13.9. The van der Waals surface area contributed by atoms with Crippen LogP contribution in [0.4, 0.5) is 0 Å². The minimum absolute atomic E-state index is 0.0164. The molecule has 0 amide bonds. The van der Waals surface area contributed by atoms with E-state index in [9.17, 15) is 50.4 Å². The van der Waals surface area contributed by atoms with E-state index in [-0.39, 0.29) is 34.2 Å². The largest absolute Gasteiger partial charge is 0.507 e. The molecular weight excluding hydrogens is 648 g/mol. The lowest BCUT2D eigenvalue weighted by molar-refractivity contribution is -0.318. The van der Waals surface area contributed by atoms with Gasteiger partial charge in [-0.3, -0.25) is 4.79 Å². The van der Waals surface area contributed by atoms with Crippen LogP contribution in [-0.2, 0) is 19.0 Å².